The third-order valence-corrected chi connectivity index (χ3v) is 3.05. The highest BCUT2D eigenvalue weighted by atomic mass is 79.9. The summed E-state index contributed by atoms with van der Waals surface area (Å²) in [6.45, 7) is 4.70. The molecule has 0 aliphatic rings. The zero-order chi connectivity index (χ0) is 10.7. The number of hydrogen-bond donors (Lipinski definition) is 1. The Balaban J connectivity index is 3.02. The maximum absolute atomic E-state index is 13.1. The molecule has 0 spiro atoms. The molecular weight excluding hydrogens is 245 g/mol. The highest BCUT2D eigenvalue weighted by Gasteiger charge is 2.10. The van der Waals surface area contributed by atoms with Crippen LogP contribution in [0, 0.1) is 12.7 Å². The number of hydrogen-bond acceptors (Lipinski definition) is 1. The Morgan fingerprint density at radius 1 is 1.50 bits per heavy atom. The van der Waals surface area contributed by atoms with Gasteiger partial charge in [-0.3, -0.25) is 0 Å². The van der Waals surface area contributed by atoms with Crippen LogP contribution < -0.4 is 5.73 Å². The van der Waals surface area contributed by atoms with Gasteiger partial charge in [0, 0.05) is 0 Å². The monoisotopic (exact) mass is 259 g/mol. The van der Waals surface area contributed by atoms with Crippen molar-refractivity contribution in [3.05, 3.63) is 33.5 Å². The van der Waals surface area contributed by atoms with E-state index in [1.165, 1.54) is 5.56 Å². The predicted molar refractivity (Wildman–Crippen MR) is 60.9 cm³/mol. The van der Waals surface area contributed by atoms with E-state index in [0.717, 1.165) is 12.0 Å². The van der Waals surface area contributed by atoms with Crippen LogP contribution in [-0.4, -0.2) is 6.54 Å². The Hall–Kier alpha value is -0.410. The molecule has 0 fully saturated rings. The summed E-state index contributed by atoms with van der Waals surface area (Å²) in [5.74, 6) is 0.183. The fourth-order valence-electron chi connectivity index (χ4n) is 1.60. The van der Waals surface area contributed by atoms with Gasteiger partial charge in [-0.1, -0.05) is 6.92 Å². The third-order valence-electron chi connectivity index (χ3n) is 2.44. The second-order valence-corrected chi connectivity index (χ2v) is 4.46. The smallest absolute Gasteiger partial charge is 0.137 e. The van der Waals surface area contributed by atoms with E-state index in [9.17, 15) is 4.39 Å². The number of nitrogens with two attached hydrogens (primary N) is 1. The van der Waals surface area contributed by atoms with Crippen LogP contribution in [0.1, 0.15) is 30.4 Å². The number of halogens is 2. The first kappa shape index (κ1) is 11.7. The molecule has 0 bridgehead atoms. The van der Waals surface area contributed by atoms with Crippen LogP contribution in [0.15, 0.2) is 16.6 Å². The largest absolute Gasteiger partial charge is 0.330 e. The van der Waals surface area contributed by atoms with Gasteiger partial charge in [-0.2, -0.15) is 0 Å². The van der Waals surface area contributed by atoms with Crippen molar-refractivity contribution in [3.8, 4) is 0 Å². The first-order valence-electron chi connectivity index (χ1n) is 4.72. The Labute approximate surface area is 92.6 Å². The summed E-state index contributed by atoms with van der Waals surface area (Å²) in [6.07, 6.45) is 0.929. The molecule has 0 aromatic heterocycles. The molecule has 0 heterocycles. The van der Waals surface area contributed by atoms with Gasteiger partial charge in [0.05, 0.1) is 4.47 Å². The summed E-state index contributed by atoms with van der Waals surface area (Å²) in [7, 11) is 0. The first-order valence-corrected chi connectivity index (χ1v) is 5.51. The quantitative estimate of drug-likeness (QED) is 0.886. The molecular formula is C11H15BrFN. The number of aryl methyl sites for hydroxylation is 1. The van der Waals surface area contributed by atoms with Crippen molar-refractivity contribution >= 4 is 15.9 Å². The van der Waals surface area contributed by atoms with Crippen LogP contribution in [0.4, 0.5) is 4.39 Å². The average Bonchev–Trinajstić information content (AvgIpc) is 2.11. The third kappa shape index (κ3) is 2.55. The summed E-state index contributed by atoms with van der Waals surface area (Å²) >= 11 is 3.19. The van der Waals surface area contributed by atoms with Crippen LogP contribution in [0.25, 0.3) is 0 Å². The average molecular weight is 260 g/mol. The van der Waals surface area contributed by atoms with Gasteiger partial charge < -0.3 is 5.73 Å². The highest BCUT2D eigenvalue weighted by molar-refractivity contribution is 9.10. The molecule has 78 valence electrons. The number of rotatable bonds is 3. The molecule has 1 aromatic rings. The van der Waals surface area contributed by atoms with Crippen molar-refractivity contribution in [1.82, 2.24) is 0 Å². The lowest BCUT2D eigenvalue weighted by Gasteiger charge is -2.14. The summed E-state index contributed by atoms with van der Waals surface area (Å²) in [4.78, 5) is 0. The van der Waals surface area contributed by atoms with Crippen molar-refractivity contribution in [2.45, 2.75) is 26.2 Å². The van der Waals surface area contributed by atoms with E-state index in [0.29, 0.717) is 16.9 Å². The zero-order valence-electron chi connectivity index (χ0n) is 8.48. The molecule has 0 radical (unpaired) electrons. The molecule has 0 saturated heterocycles. The van der Waals surface area contributed by atoms with Crippen LogP contribution >= 0.6 is 15.9 Å². The lowest BCUT2D eigenvalue weighted by molar-refractivity contribution is 0.614. The van der Waals surface area contributed by atoms with Gasteiger partial charge in [0.1, 0.15) is 5.82 Å². The SMILES string of the molecule is Cc1cc(F)c(Br)cc1C(C)CCN. The molecule has 0 aliphatic heterocycles. The lowest BCUT2D eigenvalue weighted by Crippen LogP contribution is -2.06. The minimum atomic E-state index is -0.203. The summed E-state index contributed by atoms with van der Waals surface area (Å²) in [5, 5.41) is 0. The Bertz CT molecular complexity index is 325. The minimum absolute atomic E-state index is 0.203. The van der Waals surface area contributed by atoms with Gasteiger partial charge in [-0.25, -0.2) is 4.39 Å². The summed E-state index contributed by atoms with van der Waals surface area (Å²) in [6, 6.07) is 3.41. The topological polar surface area (TPSA) is 26.0 Å². The summed E-state index contributed by atoms with van der Waals surface area (Å²) < 4.78 is 13.7. The van der Waals surface area contributed by atoms with Crippen LogP contribution in [0.5, 0.6) is 0 Å². The van der Waals surface area contributed by atoms with Gasteiger partial charge in [0.25, 0.3) is 0 Å². The van der Waals surface area contributed by atoms with Crippen molar-refractivity contribution in [2.75, 3.05) is 6.54 Å². The molecule has 1 unspecified atom stereocenters. The van der Waals surface area contributed by atoms with Gasteiger partial charge in [-0.15, -0.1) is 0 Å². The first-order chi connectivity index (χ1) is 6.56. The van der Waals surface area contributed by atoms with Crippen molar-refractivity contribution in [1.29, 1.82) is 0 Å². The van der Waals surface area contributed by atoms with Gasteiger partial charge in [0.15, 0.2) is 0 Å². The standard InChI is InChI=1S/C11H15BrFN/c1-7(3-4-14)9-6-10(12)11(13)5-8(9)2/h5-7H,3-4,14H2,1-2H3. The minimum Gasteiger partial charge on any atom is -0.330 e. The predicted octanol–water partition coefficient (Wildman–Crippen LogP) is 3.35. The van der Waals surface area contributed by atoms with E-state index in [1.54, 1.807) is 6.07 Å². The number of benzene rings is 1. The lowest BCUT2D eigenvalue weighted by atomic mass is 9.94. The van der Waals surface area contributed by atoms with Crippen LogP contribution in [-0.2, 0) is 0 Å². The van der Waals surface area contributed by atoms with Crippen molar-refractivity contribution in [2.24, 2.45) is 5.73 Å². The van der Waals surface area contributed by atoms with E-state index in [2.05, 4.69) is 22.9 Å². The molecule has 0 saturated carbocycles. The van der Waals surface area contributed by atoms with Gasteiger partial charge in [-0.05, 0) is 65.0 Å². The van der Waals surface area contributed by atoms with Crippen LogP contribution in [0.2, 0.25) is 0 Å². The van der Waals surface area contributed by atoms with Gasteiger partial charge in [0.2, 0.25) is 0 Å². The Morgan fingerprint density at radius 2 is 2.14 bits per heavy atom. The Morgan fingerprint density at radius 3 is 2.71 bits per heavy atom. The summed E-state index contributed by atoms with van der Waals surface area (Å²) in [5.41, 5.74) is 7.66. The zero-order valence-corrected chi connectivity index (χ0v) is 10.1. The van der Waals surface area contributed by atoms with E-state index in [4.69, 9.17) is 5.73 Å². The normalized spacial score (nSPS) is 12.9. The fraction of sp³-hybridized carbons (Fsp3) is 0.455. The maximum atomic E-state index is 13.1. The maximum Gasteiger partial charge on any atom is 0.137 e. The molecule has 0 aliphatic carbocycles. The van der Waals surface area contributed by atoms with Crippen molar-refractivity contribution < 1.29 is 4.39 Å². The van der Waals surface area contributed by atoms with Crippen LogP contribution in [0.3, 0.4) is 0 Å². The molecule has 3 heteroatoms. The van der Waals surface area contributed by atoms with E-state index in [-0.39, 0.29) is 5.82 Å². The molecule has 1 atom stereocenters. The highest BCUT2D eigenvalue weighted by Crippen LogP contribution is 2.27. The molecule has 1 aromatic carbocycles. The molecule has 0 amide bonds. The molecule has 14 heavy (non-hydrogen) atoms. The molecule has 1 nitrogen and oxygen atoms in total. The van der Waals surface area contributed by atoms with Crippen molar-refractivity contribution in [3.63, 3.8) is 0 Å². The fourth-order valence-corrected chi connectivity index (χ4v) is 1.96. The molecule has 2 N–H and O–H groups in total. The van der Waals surface area contributed by atoms with Gasteiger partial charge >= 0.3 is 0 Å². The second-order valence-electron chi connectivity index (χ2n) is 3.60. The molecule has 1 rings (SSSR count). The second kappa shape index (κ2) is 4.89. The van der Waals surface area contributed by atoms with E-state index in [1.807, 2.05) is 13.0 Å². The van der Waals surface area contributed by atoms with E-state index < -0.39 is 0 Å². The van der Waals surface area contributed by atoms with E-state index >= 15 is 0 Å². The Kier molecular flexibility index (Phi) is 4.08.